The Morgan fingerprint density at radius 3 is 2.52 bits per heavy atom. The predicted molar refractivity (Wildman–Crippen MR) is 126 cm³/mol. The normalized spacial score (nSPS) is 10.6. The first-order valence-electron chi connectivity index (χ1n) is 10.2. The summed E-state index contributed by atoms with van der Waals surface area (Å²) in [4.78, 5) is 40.3. The lowest BCUT2D eigenvalue weighted by Crippen LogP contribution is -2.21. The molecule has 0 atom stereocenters. The average molecular weight is 456 g/mol. The molecule has 3 rings (SSSR count). The van der Waals surface area contributed by atoms with Crippen LogP contribution < -0.4 is 10.6 Å². The molecule has 2 heterocycles. The molecule has 0 spiro atoms. The number of aryl methyl sites for hydroxylation is 1. The van der Waals surface area contributed by atoms with Crippen molar-refractivity contribution in [2.24, 2.45) is 0 Å². The SMILES string of the molecule is CC(=O)NCCCc1ccc(-c2csc(NC(=O)CCCC(=O)c3cccs3)n2)cc1. The van der Waals surface area contributed by atoms with E-state index in [1.807, 2.05) is 35.0 Å². The van der Waals surface area contributed by atoms with Crippen molar-refractivity contribution >= 4 is 45.4 Å². The maximum atomic E-state index is 12.2. The first-order valence-corrected chi connectivity index (χ1v) is 11.9. The standard InChI is InChI=1S/C23H25N3O3S2/c1-16(27)24-13-3-5-17-9-11-18(12-10-17)19-15-31-23(25-19)26-22(29)8-2-6-20(28)21-7-4-14-30-21/h4,7,9-12,14-15H,2-3,5-6,8,13H2,1H3,(H,24,27)(H,25,26,29). The lowest BCUT2D eigenvalue weighted by molar-refractivity contribution is -0.119. The number of nitrogens with zero attached hydrogens (tertiary/aromatic N) is 1. The fraction of sp³-hybridized carbons (Fsp3) is 0.304. The quantitative estimate of drug-likeness (QED) is 0.317. The van der Waals surface area contributed by atoms with Gasteiger partial charge in [0.2, 0.25) is 11.8 Å². The van der Waals surface area contributed by atoms with Crippen LogP contribution >= 0.6 is 22.7 Å². The molecule has 3 aromatic rings. The molecule has 0 saturated heterocycles. The van der Waals surface area contributed by atoms with Crippen molar-refractivity contribution in [3.63, 3.8) is 0 Å². The Bertz CT molecular complexity index is 1010. The number of amides is 2. The highest BCUT2D eigenvalue weighted by Crippen LogP contribution is 2.25. The smallest absolute Gasteiger partial charge is 0.226 e. The van der Waals surface area contributed by atoms with Crippen molar-refractivity contribution in [3.8, 4) is 11.3 Å². The second kappa shape index (κ2) is 11.5. The maximum absolute atomic E-state index is 12.2. The summed E-state index contributed by atoms with van der Waals surface area (Å²) in [6.07, 6.45) is 2.97. The van der Waals surface area contributed by atoms with E-state index in [1.165, 1.54) is 35.2 Å². The number of carbonyl (C=O) groups is 3. The molecule has 8 heteroatoms. The maximum Gasteiger partial charge on any atom is 0.226 e. The van der Waals surface area contributed by atoms with E-state index < -0.39 is 0 Å². The number of nitrogens with one attached hydrogen (secondary N) is 2. The number of thiophene rings is 1. The number of aromatic nitrogens is 1. The van der Waals surface area contributed by atoms with Crippen molar-refractivity contribution in [3.05, 3.63) is 57.6 Å². The second-order valence-electron chi connectivity index (χ2n) is 7.12. The number of Topliss-reactive ketones (excluding diaryl/α,β-unsaturated/α-hetero) is 1. The average Bonchev–Trinajstić information content (AvgIpc) is 3.44. The van der Waals surface area contributed by atoms with Gasteiger partial charge in [-0.15, -0.1) is 22.7 Å². The van der Waals surface area contributed by atoms with Crippen LogP contribution in [0.3, 0.4) is 0 Å². The van der Waals surface area contributed by atoms with Gasteiger partial charge in [0.15, 0.2) is 10.9 Å². The van der Waals surface area contributed by atoms with Crippen molar-refractivity contribution in [2.75, 3.05) is 11.9 Å². The molecule has 2 amide bonds. The number of ketones is 1. The minimum Gasteiger partial charge on any atom is -0.356 e. The van der Waals surface area contributed by atoms with Crippen LogP contribution in [0.25, 0.3) is 11.3 Å². The minimum absolute atomic E-state index is 0.00589. The van der Waals surface area contributed by atoms with Crippen molar-refractivity contribution in [2.45, 2.75) is 39.0 Å². The molecule has 0 aliphatic carbocycles. The zero-order valence-corrected chi connectivity index (χ0v) is 19.0. The Morgan fingerprint density at radius 2 is 1.81 bits per heavy atom. The van der Waals surface area contributed by atoms with Crippen LogP contribution in [-0.4, -0.2) is 29.1 Å². The Morgan fingerprint density at radius 1 is 1.00 bits per heavy atom. The molecule has 162 valence electrons. The van der Waals surface area contributed by atoms with E-state index in [1.54, 1.807) is 0 Å². The molecule has 0 aliphatic rings. The summed E-state index contributed by atoms with van der Waals surface area (Å²) in [5.41, 5.74) is 3.01. The highest BCUT2D eigenvalue weighted by molar-refractivity contribution is 7.14. The zero-order valence-electron chi connectivity index (χ0n) is 17.3. The van der Waals surface area contributed by atoms with Gasteiger partial charge in [-0.1, -0.05) is 30.3 Å². The highest BCUT2D eigenvalue weighted by atomic mass is 32.1. The Kier molecular flexibility index (Phi) is 8.49. The van der Waals surface area contributed by atoms with Gasteiger partial charge >= 0.3 is 0 Å². The number of anilines is 1. The Hall–Kier alpha value is -2.84. The fourth-order valence-corrected chi connectivity index (χ4v) is 4.44. The molecule has 0 radical (unpaired) electrons. The minimum atomic E-state index is -0.130. The third-order valence-corrected chi connectivity index (χ3v) is 6.29. The van der Waals surface area contributed by atoms with Gasteiger partial charge in [-0.25, -0.2) is 4.98 Å². The van der Waals surface area contributed by atoms with Gasteiger partial charge in [-0.2, -0.15) is 0 Å². The van der Waals surface area contributed by atoms with E-state index in [0.717, 1.165) is 29.0 Å². The van der Waals surface area contributed by atoms with E-state index in [-0.39, 0.29) is 17.6 Å². The third-order valence-electron chi connectivity index (χ3n) is 4.62. The molecule has 0 aliphatic heterocycles. The number of hydrogen-bond acceptors (Lipinski definition) is 6. The van der Waals surface area contributed by atoms with E-state index in [4.69, 9.17) is 0 Å². The molecule has 1 aromatic carbocycles. The van der Waals surface area contributed by atoms with Gasteiger partial charge in [0.25, 0.3) is 0 Å². The molecule has 0 fully saturated rings. The van der Waals surface area contributed by atoms with Crippen LogP contribution in [0.15, 0.2) is 47.2 Å². The van der Waals surface area contributed by atoms with Gasteiger partial charge in [-0.05, 0) is 36.3 Å². The second-order valence-corrected chi connectivity index (χ2v) is 8.93. The molecule has 31 heavy (non-hydrogen) atoms. The Balaban J connectivity index is 1.43. The first kappa shape index (κ1) is 22.8. The molecule has 0 saturated carbocycles. The van der Waals surface area contributed by atoms with E-state index in [0.29, 0.717) is 30.9 Å². The molecule has 2 aromatic heterocycles. The van der Waals surface area contributed by atoms with Gasteiger partial charge in [0, 0.05) is 37.3 Å². The predicted octanol–water partition coefficient (Wildman–Crippen LogP) is 4.93. The number of benzene rings is 1. The van der Waals surface area contributed by atoms with Crippen molar-refractivity contribution < 1.29 is 14.4 Å². The molecule has 2 N–H and O–H groups in total. The lowest BCUT2D eigenvalue weighted by atomic mass is 10.1. The van der Waals surface area contributed by atoms with Crippen LogP contribution in [0.1, 0.15) is 47.8 Å². The number of rotatable bonds is 11. The van der Waals surface area contributed by atoms with Gasteiger partial charge in [0.05, 0.1) is 10.6 Å². The number of hydrogen-bond donors (Lipinski definition) is 2. The highest BCUT2D eigenvalue weighted by Gasteiger charge is 2.11. The third kappa shape index (κ3) is 7.41. The van der Waals surface area contributed by atoms with Gasteiger partial charge < -0.3 is 10.6 Å². The summed E-state index contributed by atoms with van der Waals surface area (Å²) in [5.74, 6) is -0.0547. The fourth-order valence-electron chi connectivity index (χ4n) is 3.01. The van der Waals surface area contributed by atoms with E-state index in [9.17, 15) is 14.4 Å². The summed E-state index contributed by atoms with van der Waals surface area (Å²) >= 11 is 2.81. The summed E-state index contributed by atoms with van der Waals surface area (Å²) in [7, 11) is 0. The van der Waals surface area contributed by atoms with Crippen molar-refractivity contribution in [1.82, 2.24) is 10.3 Å². The lowest BCUT2D eigenvalue weighted by Gasteiger charge is -2.04. The van der Waals surface area contributed by atoms with Gasteiger partial charge in [0.1, 0.15) is 0 Å². The molecule has 0 bridgehead atoms. The van der Waals surface area contributed by atoms with Crippen LogP contribution in [0.2, 0.25) is 0 Å². The zero-order chi connectivity index (χ0) is 22.1. The topological polar surface area (TPSA) is 88.2 Å². The van der Waals surface area contributed by atoms with Crippen molar-refractivity contribution in [1.29, 1.82) is 0 Å². The van der Waals surface area contributed by atoms with Crippen LogP contribution in [0.5, 0.6) is 0 Å². The molecule has 6 nitrogen and oxygen atoms in total. The first-order chi connectivity index (χ1) is 15.0. The Labute approximate surface area is 189 Å². The summed E-state index contributed by atoms with van der Waals surface area (Å²) in [6, 6.07) is 11.8. The summed E-state index contributed by atoms with van der Waals surface area (Å²) in [6.45, 7) is 2.20. The van der Waals surface area contributed by atoms with Crippen LogP contribution in [-0.2, 0) is 16.0 Å². The van der Waals surface area contributed by atoms with Crippen LogP contribution in [0, 0.1) is 0 Å². The summed E-state index contributed by atoms with van der Waals surface area (Å²) in [5, 5.41) is 9.97. The van der Waals surface area contributed by atoms with Gasteiger partial charge in [-0.3, -0.25) is 14.4 Å². The summed E-state index contributed by atoms with van der Waals surface area (Å²) < 4.78 is 0. The monoisotopic (exact) mass is 455 g/mol. The molecular weight excluding hydrogens is 430 g/mol. The number of carbonyl (C=O) groups excluding carboxylic acids is 3. The molecular formula is C23H25N3O3S2. The van der Waals surface area contributed by atoms with E-state index >= 15 is 0 Å². The van der Waals surface area contributed by atoms with E-state index in [2.05, 4.69) is 27.8 Å². The largest absolute Gasteiger partial charge is 0.356 e. The molecule has 0 unspecified atom stereocenters. The van der Waals surface area contributed by atoms with Crippen LogP contribution in [0.4, 0.5) is 5.13 Å². The number of thiazole rings is 1.